The van der Waals surface area contributed by atoms with Crippen molar-refractivity contribution in [3.63, 3.8) is 0 Å². The Bertz CT molecular complexity index is 1090. The molecule has 2 heterocycles. The summed E-state index contributed by atoms with van der Waals surface area (Å²) < 4.78 is 6.95. The third-order valence-electron chi connectivity index (χ3n) is 4.24. The maximum Gasteiger partial charge on any atom is 0.161 e. The van der Waals surface area contributed by atoms with Gasteiger partial charge in [0.2, 0.25) is 0 Å². The van der Waals surface area contributed by atoms with Crippen molar-refractivity contribution in [2.75, 3.05) is 7.11 Å². The number of phenolic OH excluding ortho intramolecular Hbond substituents is 1. The molecule has 0 fully saturated rings. The van der Waals surface area contributed by atoms with E-state index < -0.39 is 0 Å². The van der Waals surface area contributed by atoms with Crippen molar-refractivity contribution in [3.05, 3.63) is 66.4 Å². The van der Waals surface area contributed by atoms with Crippen LogP contribution in [0.25, 0.3) is 28.2 Å². The average Bonchev–Trinajstić information content (AvgIpc) is 3.11. The van der Waals surface area contributed by atoms with E-state index in [0.29, 0.717) is 5.75 Å². The molecular formula is C20H17N3O3. The van der Waals surface area contributed by atoms with E-state index in [9.17, 15) is 10.2 Å². The molecule has 130 valence electrons. The third-order valence-corrected chi connectivity index (χ3v) is 4.24. The molecule has 2 aromatic heterocycles. The summed E-state index contributed by atoms with van der Waals surface area (Å²) in [6, 6.07) is 16.5. The van der Waals surface area contributed by atoms with Crippen LogP contribution in [0.1, 0.15) is 5.56 Å². The number of fused-ring (bicyclic) bond motifs is 1. The Balaban J connectivity index is 1.84. The van der Waals surface area contributed by atoms with E-state index in [1.54, 1.807) is 28.9 Å². The monoisotopic (exact) mass is 347 g/mol. The van der Waals surface area contributed by atoms with Crippen molar-refractivity contribution < 1.29 is 14.9 Å². The molecule has 4 rings (SSSR count). The van der Waals surface area contributed by atoms with Crippen LogP contribution in [-0.4, -0.2) is 31.9 Å². The van der Waals surface area contributed by atoms with Crippen LogP contribution in [0.15, 0.2) is 60.8 Å². The quantitative estimate of drug-likeness (QED) is 0.592. The largest absolute Gasteiger partial charge is 0.504 e. The van der Waals surface area contributed by atoms with E-state index in [1.165, 1.54) is 7.11 Å². The van der Waals surface area contributed by atoms with Crippen molar-refractivity contribution in [1.82, 2.24) is 14.6 Å². The normalized spacial score (nSPS) is 11.0. The van der Waals surface area contributed by atoms with Gasteiger partial charge in [0, 0.05) is 11.1 Å². The maximum atomic E-state index is 9.78. The Kier molecular flexibility index (Phi) is 4.02. The molecule has 2 N–H and O–H groups in total. The van der Waals surface area contributed by atoms with Crippen LogP contribution >= 0.6 is 0 Å². The molecular weight excluding hydrogens is 330 g/mol. The van der Waals surface area contributed by atoms with E-state index in [-0.39, 0.29) is 12.4 Å². The van der Waals surface area contributed by atoms with Crippen molar-refractivity contribution in [2.24, 2.45) is 0 Å². The van der Waals surface area contributed by atoms with Gasteiger partial charge in [-0.15, -0.1) is 0 Å². The van der Waals surface area contributed by atoms with Gasteiger partial charge >= 0.3 is 0 Å². The first-order valence-corrected chi connectivity index (χ1v) is 8.12. The molecule has 2 aromatic carbocycles. The molecule has 0 aliphatic carbocycles. The molecule has 0 saturated heterocycles. The van der Waals surface area contributed by atoms with Crippen LogP contribution in [0.2, 0.25) is 0 Å². The highest BCUT2D eigenvalue weighted by Crippen LogP contribution is 2.31. The lowest BCUT2D eigenvalue weighted by molar-refractivity contribution is 0.282. The van der Waals surface area contributed by atoms with Crippen LogP contribution in [0, 0.1) is 0 Å². The number of aromatic hydroxyl groups is 1. The number of rotatable bonds is 4. The van der Waals surface area contributed by atoms with Crippen LogP contribution in [0.3, 0.4) is 0 Å². The topological polar surface area (TPSA) is 79.9 Å². The molecule has 0 saturated carbocycles. The molecule has 0 spiro atoms. The van der Waals surface area contributed by atoms with Gasteiger partial charge in [0.25, 0.3) is 0 Å². The first-order chi connectivity index (χ1) is 12.7. The number of aliphatic hydroxyl groups is 1. The van der Waals surface area contributed by atoms with Crippen LogP contribution in [0.4, 0.5) is 0 Å². The summed E-state index contributed by atoms with van der Waals surface area (Å²) in [7, 11) is 1.51. The van der Waals surface area contributed by atoms with E-state index >= 15 is 0 Å². The number of hydrogen-bond acceptors (Lipinski definition) is 5. The minimum atomic E-state index is -0.0173. The molecule has 6 heteroatoms. The Hall–Kier alpha value is -3.38. The van der Waals surface area contributed by atoms with E-state index in [1.807, 2.05) is 36.4 Å². The van der Waals surface area contributed by atoms with Crippen LogP contribution < -0.4 is 4.74 Å². The van der Waals surface area contributed by atoms with Crippen molar-refractivity contribution in [3.8, 4) is 34.0 Å². The third kappa shape index (κ3) is 2.76. The van der Waals surface area contributed by atoms with Gasteiger partial charge in [-0.25, -0.2) is 9.50 Å². The minimum Gasteiger partial charge on any atom is -0.504 e. The van der Waals surface area contributed by atoms with Gasteiger partial charge < -0.3 is 14.9 Å². The summed E-state index contributed by atoms with van der Waals surface area (Å²) in [4.78, 5) is 4.41. The maximum absolute atomic E-state index is 9.78. The Morgan fingerprint density at radius 2 is 1.92 bits per heavy atom. The number of nitrogens with zero attached hydrogens (tertiary/aromatic N) is 3. The highest BCUT2D eigenvalue weighted by Gasteiger charge is 2.11. The van der Waals surface area contributed by atoms with Gasteiger partial charge in [-0.3, -0.25) is 0 Å². The Labute approximate surface area is 150 Å². The highest BCUT2D eigenvalue weighted by molar-refractivity contribution is 5.67. The zero-order chi connectivity index (χ0) is 18.1. The second-order valence-electron chi connectivity index (χ2n) is 5.88. The first kappa shape index (κ1) is 16.1. The number of phenols is 1. The number of aliphatic hydroxyl groups excluding tert-OH is 1. The van der Waals surface area contributed by atoms with E-state index in [4.69, 9.17) is 9.84 Å². The molecule has 0 aliphatic rings. The molecule has 0 aliphatic heterocycles. The predicted molar refractivity (Wildman–Crippen MR) is 98.0 cm³/mol. The van der Waals surface area contributed by atoms with E-state index in [0.717, 1.165) is 33.7 Å². The molecule has 0 unspecified atom stereocenters. The molecule has 6 nitrogen and oxygen atoms in total. The van der Waals surface area contributed by atoms with Gasteiger partial charge in [-0.2, -0.15) is 5.10 Å². The molecule has 0 amide bonds. The van der Waals surface area contributed by atoms with Gasteiger partial charge in [0.05, 0.1) is 31.3 Å². The number of aromatic nitrogens is 3. The molecule has 26 heavy (non-hydrogen) atoms. The number of methoxy groups -OCH3 is 1. The average molecular weight is 347 g/mol. The summed E-state index contributed by atoms with van der Waals surface area (Å²) in [6.07, 6.45) is 1.76. The number of imidazole rings is 1. The standard InChI is InChI=1S/C20H17N3O3/c1-26-19-10-14(5-7-18(19)25)16-6-8-20-21-11-17(23(20)22-16)15-4-2-3-13(9-15)12-24/h2-11,24-25H,12H2,1H3. The smallest absolute Gasteiger partial charge is 0.161 e. The number of ether oxygens (including phenoxy) is 1. The number of benzene rings is 2. The zero-order valence-electron chi connectivity index (χ0n) is 14.1. The highest BCUT2D eigenvalue weighted by atomic mass is 16.5. The van der Waals surface area contributed by atoms with Crippen molar-refractivity contribution in [1.29, 1.82) is 0 Å². The second kappa shape index (κ2) is 6.50. The lowest BCUT2D eigenvalue weighted by Gasteiger charge is -2.08. The minimum absolute atomic E-state index is 0.0173. The predicted octanol–water partition coefficient (Wildman–Crippen LogP) is 3.27. The van der Waals surface area contributed by atoms with Crippen LogP contribution in [0.5, 0.6) is 11.5 Å². The molecule has 0 atom stereocenters. The second-order valence-corrected chi connectivity index (χ2v) is 5.88. The van der Waals surface area contributed by atoms with Gasteiger partial charge in [-0.05, 0) is 42.0 Å². The molecule has 0 bridgehead atoms. The summed E-state index contributed by atoms with van der Waals surface area (Å²) in [5, 5.41) is 23.8. The summed E-state index contributed by atoms with van der Waals surface area (Å²) in [6.45, 7) is -0.0173. The summed E-state index contributed by atoms with van der Waals surface area (Å²) in [5.74, 6) is 0.479. The molecule has 4 aromatic rings. The van der Waals surface area contributed by atoms with Crippen LogP contribution in [-0.2, 0) is 6.61 Å². The van der Waals surface area contributed by atoms with Crippen molar-refractivity contribution in [2.45, 2.75) is 6.61 Å². The Morgan fingerprint density at radius 1 is 1.04 bits per heavy atom. The number of hydrogen-bond donors (Lipinski definition) is 2. The summed E-state index contributed by atoms with van der Waals surface area (Å²) >= 11 is 0. The molecule has 0 radical (unpaired) electrons. The Morgan fingerprint density at radius 3 is 2.73 bits per heavy atom. The van der Waals surface area contributed by atoms with E-state index in [2.05, 4.69) is 4.98 Å². The SMILES string of the molecule is COc1cc(-c2ccc3ncc(-c4cccc(CO)c4)n3n2)ccc1O. The lowest BCUT2D eigenvalue weighted by Crippen LogP contribution is -1.97. The zero-order valence-corrected chi connectivity index (χ0v) is 14.1. The van der Waals surface area contributed by atoms with Gasteiger partial charge in [0.15, 0.2) is 17.1 Å². The fraction of sp³-hybridized carbons (Fsp3) is 0.100. The van der Waals surface area contributed by atoms with Crippen molar-refractivity contribution >= 4 is 5.65 Å². The lowest BCUT2D eigenvalue weighted by atomic mass is 10.1. The van der Waals surface area contributed by atoms with Gasteiger partial charge in [0.1, 0.15) is 0 Å². The fourth-order valence-corrected chi connectivity index (χ4v) is 2.89. The first-order valence-electron chi connectivity index (χ1n) is 8.12. The fourth-order valence-electron chi connectivity index (χ4n) is 2.89. The van der Waals surface area contributed by atoms with Gasteiger partial charge in [-0.1, -0.05) is 18.2 Å². The summed E-state index contributed by atoms with van der Waals surface area (Å²) in [5.41, 5.74) is 4.87.